The maximum Gasteiger partial charge on any atom is 0.303 e. The molecule has 0 amide bonds. The molecular weight excluding hydrogens is 248 g/mol. The van der Waals surface area contributed by atoms with Gasteiger partial charge in [0.05, 0.1) is 20.8 Å². The van der Waals surface area contributed by atoms with E-state index in [0.29, 0.717) is 19.4 Å². The summed E-state index contributed by atoms with van der Waals surface area (Å²) >= 11 is 0. The summed E-state index contributed by atoms with van der Waals surface area (Å²) in [5.74, 6) is 0.668. The first-order valence-corrected chi connectivity index (χ1v) is 6.07. The quantitative estimate of drug-likeness (QED) is 0.783. The fourth-order valence-corrected chi connectivity index (χ4v) is 2.03. The number of ether oxygens (including phenoxy) is 3. The van der Waals surface area contributed by atoms with E-state index in [0.717, 1.165) is 22.6 Å². The van der Waals surface area contributed by atoms with Crippen molar-refractivity contribution >= 4 is 5.97 Å². The van der Waals surface area contributed by atoms with Crippen LogP contribution in [0.5, 0.6) is 11.5 Å². The minimum atomic E-state index is -0.796. The van der Waals surface area contributed by atoms with Gasteiger partial charge in [-0.2, -0.15) is 0 Å². The van der Waals surface area contributed by atoms with E-state index in [1.807, 2.05) is 12.1 Å². The molecule has 0 aliphatic heterocycles. The van der Waals surface area contributed by atoms with Gasteiger partial charge in [-0.1, -0.05) is 0 Å². The number of carboxylic acid groups (broad SMARTS) is 1. The lowest BCUT2D eigenvalue weighted by molar-refractivity contribution is -0.137. The first kappa shape index (κ1) is 15.3. The van der Waals surface area contributed by atoms with Gasteiger partial charge in [-0.15, -0.1) is 0 Å². The number of carbonyl (C=O) groups is 1. The number of carboxylic acids is 1. The van der Waals surface area contributed by atoms with Crippen LogP contribution in [0.3, 0.4) is 0 Å². The van der Waals surface area contributed by atoms with Crippen molar-refractivity contribution in [1.82, 2.24) is 0 Å². The smallest absolute Gasteiger partial charge is 0.303 e. The molecule has 19 heavy (non-hydrogen) atoms. The van der Waals surface area contributed by atoms with E-state index in [1.54, 1.807) is 21.3 Å². The summed E-state index contributed by atoms with van der Waals surface area (Å²) in [5.41, 5.74) is 1.86. The highest BCUT2D eigenvalue weighted by Crippen LogP contribution is 2.32. The zero-order valence-corrected chi connectivity index (χ0v) is 11.6. The van der Waals surface area contributed by atoms with E-state index in [-0.39, 0.29) is 6.42 Å². The van der Waals surface area contributed by atoms with Gasteiger partial charge in [0.1, 0.15) is 11.5 Å². The summed E-state index contributed by atoms with van der Waals surface area (Å²) in [7, 11) is 4.81. The number of hydrogen-bond donors (Lipinski definition) is 1. The van der Waals surface area contributed by atoms with Crippen molar-refractivity contribution in [1.29, 1.82) is 0 Å². The standard InChI is InChI=1S/C14H20O5/c1-17-9-11-10(5-4-6-14(15)16)12(18-2)7-8-13(11)19-3/h7-8H,4-6,9H2,1-3H3,(H,15,16). The predicted molar refractivity (Wildman–Crippen MR) is 70.8 cm³/mol. The number of aliphatic carboxylic acids is 1. The molecular formula is C14H20O5. The third-order valence-corrected chi connectivity index (χ3v) is 2.89. The van der Waals surface area contributed by atoms with E-state index >= 15 is 0 Å². The molecule has 5 nitrogen and oxygen atoms in total. The molecule has 0 aromatic heterocycles. The fraction of sp³-hybridized carbons (Fsp3) is 0.500. The Morgan fingerprint density at radius 1 is 1.11 bits per heavy atom. The fourth-order valence-electron chi connectivity index (χ4n) is 2.03. The lowest BCUT2D eigenvalue weighted by atomic mass is 10.00. The third kappa shape index (κ3) is 4.13. The lowest BCUT2D eigenvalue weighted by Crippen LogP contribution is -2.04. The molecule has 0 spiro atoms. The molecule has 0 unspecified atom stereocenters. The first-order chi connectivity index (χ1) is 9.13. The van der Waals surface area contributed by atoms with Crippen molar-refractivity contribution < 1.29 is 24.1 Å². The zero-order valence-electron chi connectivity index (χ0n) is 11.6. The molecule has 0 fully saturated rings. The Bertz CT molecular complexity index is 428. The van der Waals surface area contributed by atoms with Crippen LogP contribution in [-0.4, -0.2) is 32.4 Å². The van der Waals surface area contributed by atoms with Crippen LogP contribution in [0.1, 0.15) is 24.0 Å². The van der Waals surface area contributed by atoms with Crippen LogP contribution in [0.2, 0.25) is 0 Å². The van der Waals surface area contributed by atoms with E-state index in [9.17, 15) is 4.79 Å². The van der Waals surface area contributed by atoms with Crippen LogP contribution >= 0.6 is 0 Å². The molecule has 1 rings (SSSR count). The number of methoxy groups -OCH3 is 3. The predicted octanol–water partition coefficient (Wildman–Crippen LogP) is 2.26. The second-order valence-electron chi connectivity index (χ2n) is 4.11. The van der Waals surface area contributed by atoms with Crippen LogP contribution in [0.15, 0.2) is 12.1 Å². The van der Waals surface area contributed by atoms with Gasteiger partial charge >= 0.3 is 5.97 Å². The Hall–Kier alpha value is -1.75. The van der Waals surface area contributed by atoms with Crippen LogP contribution in [0.4, 0.5) is 0 Å². The van der Waals surface area contributed by atoms with Crippen molar-refractivity contribution in [3.05, 3.63) is 23.3 Å². The molecule has 5 heteroatoms. The average molecular weight is 268 g/mol. The van der Waals surface area contributed by atoms with E-state index in [1.165, 1.54) is 0 Å². The van der Waals surface area contributed by atoms with Gasteiger partial charge in [0, 0.05) is 24.7 Å². The third-order valence-electron chi connectivity index (χ3n) is 2.89. The van der Waals surface area contributed by atoms with Gasteiger partial charge < -0.3 is 19.3 Å². The Kier molecular flexibility index (Phi) is 6.15. The summed E-state index contributed by atoms with van der Waals surface area (Å²) in [6.07, 6.45) is 1.30. The first-order valence-electron chi connectivity index (χ1n) is 6.07. The van der Waals surface area contributed by atoms with E-state index in [4.69, 9.17) is 19.3 Å². The van der Waals surface area contributed by atoms with Crippen molar-refractivity contribution in [2.24, 2.45) is 0 Å². The molecule has 0 radical (unpaired) electrons. The highest BCUT2D eigenvalue weighted by Gasteiger charge is 2.15. The number of rotatable bonds is 8. The summed E-state index contributed by atoms with van der Waals surface area (Å²) in [5, 5.41) is 8.71. The minimum Gasteiger partial charge on any atom is -0.496 e. The molecule has 0 aliphatic rings. The van der Waals surface area contributed by atoms with Crippen molar-refractivity contribution in [2.45, 2.75) is 25.9 Å². The average Bonchev–Trinajstić information content (AvgIpc) is 2.39. The monoisotopic (exact) mass is 268 g/mol. The van der Waals surface area contributed by atoms with Gasteiger partial charge in [0.15, 0.2) is 0 Å². The van der Waals surface area contributed by atoms with Crippen LogP contribution < -0.4 is 9.47 Å². The normalized spacial score (nSPS) is 10.3. The van der Waals surface area contributed by atoms with Crippen LogP contribution in [-0.2, 0) is 22.6 Å². The SMILES string of the molecule is COCc1c(OC)ccc(OC)c1CCCC(=O)O. The molecule has 0 atom stereocenters. The molecule has 0 heterocycles. The van der Waals surface area contributed by atoms with Crippen molar-refractivity contribution in [3.63, 3.8) is 0 Å². The highest BCUT2D eigenvalue weighted by atomic mass is 16.5. The van der Waals surface area contributed by atoms with E-state index < -0.39 is 5.97 Å². The molecule has 1 aromatic carbocycles. The molecule has 1 aromatic rings. The molecule has 106 valence electrons. The minimum absolute atomic E-state index is 0.132. The summed E-state index contributed by atoms with van der Waals surface area (Å²) < 4.78 is 15.8. The van der Waals surface area contributed by atoms with Gasteiger partial charge in [0.25, 0.3) is 0 Å². The molecule has 0 bridgehead atoms. The second-order valence-corrected chi connectivity index (χ2v) is 4.11. The zero-order chi connectivity index (χ0) is 14.3. The van der Waals surface area contributed by atoms with Crippen molar-refractivity contribution in [3.8, 4) is 11.5 Å². The topological polar surface area (TPSA) is 65.0 Å². The van der Waals surface area contributed by atoms with Crippen LogP contribution in [0.25, 0.3) is 0 Å². The van der Waals surface area contributed by atoms with E-state index in [2.05, 4.69) is 0 Å². The van der Waals surface area contributed by atoms with Crippen molar-refractivity contribution in [2.75, 3.05) is 21.3 Å². The second kappa shape index (κ2) is 7.63. The summed E-state index contributed by atoms with van der Waals surface area (Å²) in [6.45, 7) is 0.406. The maximum atomic E-state index is 10.6. The lowest BCUT2D eigenvalue weighted by Gasteiger charge is -2.16. The molecule has 1 N–H and O–H groups in total. The van der Waals surface area contributed by atoms with Gasteiger partial charge in [-0.3, -0.25) is 4.79 Å². The Morgan fingerprint density at radius 3 is 2.16 bits per heavy atom. The largest absolute Gasteiger partial charge is 0.496 e. The number of hydrogen-bond acceptors (Lipinski definition) is 4. The van der Waals surface area contributed by atoms with Gasteiger partial charge in [0.2, 0.25) is 0 Å². The molecule has 0 saturated heterocycles. The maximum absolute atomic E-state index is 10.6. The Morgan fingerprint density at radius 2 is 1.68 bits per heavy atom. The van der Waals surface area contributed by atoms with Crippen LogP contribution in [0, 0.1) is 0 Å². The van der Waals surface area contributed by atoms with Gasteiger partial charge in [-0.05, 0) is 25.0 Å². The molecule has 0 aliphatic carbocycles. The van der Waals surface area contributed by atoms with Gasteiger partial charge in [-0.25, -0.2) is 0 Å². The summed E-state index contributed by atoms with van der Waals surface area (Å²) in [6, 6.07) is 3.65. The highest BCUT2D eigenvalue weighted by molar-refractivity contribution is 5.66. The Labute approximate surface area is 113 Å². The number of benzene rings is 1. The summed E-state index contributed by atoms with van der Waals surface area (Å²) in [4.78, 5) is 10.6. The Balaban J connectivity index is 3.03. The molecule has 0 saturated carbocycles.